The molecule has 4 heterocycles. The van der Waals surface area contributed by atoms with Crippen LogP contribution in [0.25, 0.3) is 44.3 Å². The number of methoxy groups -OCH3 is 2. The lowest BCUT2D eigenvalue weighted by Gasteiger charge is -2.33. The number of rotatable bonds is 10. The molecule has 1 saturated heterocycles. The normalized spacial score (nSPS) is 19.5. The van der Waals surface area contributed by atoms with Gasteiger partial charge in [0.1, 0.15) is 29.8 Å². The Hall–Kier alpha value is -6.96. The summed E-state index contributed by atoms with van der Waals surface area (Å²) in [4.78, 5) is 73.4. The monoisotopic (exact) mass is 902 g/mol. The van der Waals surface area contributed by atoms with Gasteiger partial charge in [-0.3, -0.25) is 9.59 Å². The van der Waals surface area contributed by atoms with Crippen LogP contribution in [0.4, 0.5) is 9.59 Å². The number of benzene rings is 4. The summed E-state index contributed by atoms with van der Waals surface area (Å²) in [6.45, 7) is 4.82. The Morgan fingerprint density at radius 2 is 1.33 bits per heavy atom. The summed E-state index contributed by atoms with van der Waals surface area (Å²) in [5.41, 5.74) is 11.9. The van der Waals surface area contributed by atoms with Gasteiger partial charge in [-0.1, -0.05) is 99.9 Å². The van der Waals surface area contributed by atoms with Crippen LogP contribution in [0.1, 0.15) is 105 Å². The summed E-state index contributed by atoms with van der Waals surface area (Å²) in [5, 5.41) is 5.48. The number of imidazole rings is 2. The third-order valence-electron chi connectivity index (χ3n) is 14.7. The highest BCUT2D eigenvalue weighted by Gasteiger charge is 2.42. The van der Waals surface area contributed by atoms with Gasteiger partial charge < -0.3 is 39.9 Å². The van der Waals surface area contributed by atoms with Crippen molar-refractivity contribution in [1.82, 2.24) is 40.4 Å². The van der Waals surface area contributed by atoms with Crippen molar-refractivity contribution >= 4 is 46.1 Å². The van der Waals surface area contributed by atoms with Crippen LogP contribution < -0.4 is 10.6 Å². The molecule has 14 heteroatoms. The van der Waals surface area contributed by atoms with E-state index in [1.54, 1.807) is 4.90 Å². The molecule has 67 heavy (non-hydrogen) atoms. The molecule has 346 valence electrons. The molecule has 4 aromatic carbocycles. The second-order valence-corrected chi connectivity index (χ2v) is 19.1. The molecule has 2 aliphatic heterocycles. The first-order valence-electron chi connectivity index (χ1n) is 23.7. The standard InChI is InChI=1S/C53H58N8O6/c1-31(2)45(58-51(64)66-3)49(62)60-25-11-15-43(60)47-54-39-21-17-33(27-41(39)56-47)35-19-20-36(38-30-53(29-37(35)38)23-9-6-10-24-53)34-18-22-40-42(28-34)57-48(55-40)44-16-12-26-61(44)50(63)46(59-52(65)67-4)32-13-7-5-8-14-32/h5,7-8,12-14,16-22,27-28,31,43-46H,6,9-11,15,23-26,29-30H2,1-4H3,(H,54,56)(H,55,57)(H,58,64)(H,59,65)/t43-,44-,45?,46+/m0/s1. The molecule has 1 saturated carbocycles. The summed E-state index contributed by atoms with van der Waals surface area (Å²) < 4.78 is 9.72. The zero-order chi connectivity index (χ0) is 46.4. The van der Waals surface area contributed by atoms with E-state index in [0.717, 1.165) is 64.7 Å². The molecule has 10 rings (SSSR count). The van der Waals surface area contributed by atoms with Gasteiger partial charge in [-0.2, -0.15) is 0 Å². The van der Waals surface area contributed by atoms with Gasteiger partial charge in [-0.15, -0.1) is 0 Å². The van der Waals surface area contributed by atoms with Gasteiger partial charge in [0.15, 0.2) is 0 Å². The van der Waals surface area contributed by atoms with Crippen molar-refractivity contribution < 1.29 is 28.7 Å². The highest BCUT2D eigenvalue weighted by atomic mass is 16.5. The van der Waals surface area contributed by atoms with E-state index in [4.69, 9.17) is 19.4 Å². The smallest absolute Gasteiger partial charge is 0.407 e. The van der Waals surface area contributed by atoms with E-state index in [2.05, 4.69) is 69.1 Å². The molecule has 1 spiro atoms. The zero-order valence-corrected chi connectivity index (χ0v) is 38.6. The number of aromatic nitrogens is 4. The fraction of sp³-hybridized carbons (Fsp3) is 0.396. The number of nitrogens with one attached hydrogen (secondary N) is 4. The highest BCUT2D eigenvalue weighted by molar-refractivity contribution is 5.90. The van der Waals surface area contributed by atoms with E-state index in [9.17, 15) is 19.2 Å². The van der Waals surface area contributed by atoms with Crippen LogP contribution >= 0.6 is 0 Å². The lowest BCUT2D eigenvalue weighted by atomic mass is 9.72. The van der Waals surface area contributed by atoms with Crippen molar-refractivity contribution in [2.75, 3.05) is 27.3 Å². The zero-order valence-electron chi connectivity index (χ0n) is 38.6. The van der Waals surface area contributed by atoms with Crippen molar-refractivity contribution in [3.8, 4) is 22.3 Å². The molecule has 4 amide bonds. The minimum Gasteiger partial charge on any atom is -0.453 e. The van der Waals surface area contributed by atoms with Gasteiger partial charge >= 0.3 is 12.2 Å². The van der Waals surface area contributed by atoms with Crippen molar-refractivity contribution in [3.05, 3.63) is 119 Å². The summed E-state index contributed by atoms with van der Waals surface area (Å²) >= 11 is 0. The number of carbonyl (C=O) groups excluding carboxylic acids is 4. The molecular weight excluding hydrogens is 845 g/mol. The van der Waals surface area contributed by atoms with E-state index >= 15 is 0 Å². The van der Waals surface area contributed by atoms with Gasteiger partial charge in [0.2, 0.25) is 5.91 Å². The predicted molar refractivity (Wildman–Crippen MR) is 256 cm³/mol. The Morgan fingerprint density at radius 1 is 0.716 bits per heavy atom. The van der Waals surface area contributed by atoms with Crippen molar-refractivity contribution in [1.29, 1.82) is 0 Å². The molecule has 4 N–H and O–H groups in total. The topological polar surface area (TPSA) is 175 Å². The number of carbonyl (C=O) groups is 4. The molecule has 14 nitrogen and oxygen atoms in total. The Labute approximate surface area is 389 Å². The molecule has 6 aromatic rings. The van der Waals surface area contributed by atoms with Crippen LogP contribution in [0, 0.1) is 11.3 Å². The Balaban J connectivity index is 0.950. The first kappa shape index (κ1) is 43.9. The number of ether oxygens (including phenoxy) is 2. The quantitative estimate of drug-likeness (QED) is 0.0984. The fourth-order valence-corrected chi connectivity index (χ4v) is 11.3. The van der Waals surface area contributed by atoms with Gasteiger partial charge in [0, 0.05) is 13.1 Å². The Morgan fingerprint density at radius 3 is 1.96 bits per heavy atom. The number of hydrogen-bond donors (Lipinski definition) is 4. The molecule has 4 aliphatic rings. The van der Waals surface area contributed by atoms with Crippen LogP contribution in [0.2, 0.25) is 0 Å². The molecule has 0 bridgehead atoms. The molecule has 4 atom stereocenters. The van der Waals surface area contributed by atoms with Gasteiger partial charge in [0.05, 0.1) is 42.3 Å². The summed E-state index contributed by atoms with van der Waals surface area (Å²) in [7, 11) is 2.59. The Kier molecular flexibility index (Phi) is 11.8. The van der Waals surface area contributed by atoms with Crippen LogP contribution in [-0.2, 0) is 31.9 Å². The van der Waals surface area contributed by atoms with E-state index in [0.29, 0.717) is 24.5 Å². The molecule has 0 radical (unpaired) electrons. The summed E-state index contributed by atoms with van der Waals surface area (Å²) in [5.74, 6) is 0.910. The third-order valence-corrected chi connectivity index (χ3v) is 14.7. The highest BCUT2D eigenvalue weighted by Crippen LogP contribution is 2.52. The van der Waals surface area contributed by atoms with Crippen LogP contribution in [-0.4, -0.2) is 87.1 Å². The lowest BCUT2D eigenvalue weighted by molar-refractivity contribution is -0.135. The first-order chi connectivity index (χ1) is 32.5. The largest absolute Gasteiger partial charge is 0.453 e. The molecule has 2 aliphatic carbocycles. The average molecular weight is 903 g/mol. The van der Waals surface area contributed by atoms with Crippen LogP contribution in [0.5, 0.6) is 0 Å². The lowest BCUT2D eigenvalue weighted by Crippen LogP contribution is -2.51. The minimum absolute atomic E-state index is 0.114. The van der Waals surface area contributed by atoms with Crippen LogP contribution in [0.15, 0.2) is 91.0 Å². The number of aromatic amines is 2. The van der Waals surface area contributed by atoms with Crippen LogP contribution in [0.3, 0.4) is 0 Å². The van der Waals surface area contributed by atoms with Crippen molar-refractivity contribution in [2.45, 2.75) is 95.8 Å². The third kappa shape index (κ3) is 8.31. The maximum Gasteiger partial charge on any atom is 0.407 e. The predicted octanol–water partition coefficient (Wildman–Crippen LogP) is 9.40. The maximum absolute atomic E-state index is 14.2. The van der Waals surface area contributed by atoms with Gasteiger partial charge in [-0.25, -0.2) is 19.6 Å². The number of alkyl carbamates (subject to hydrolysis) is 2. The number of fused-ring (bicyclic) bond motifs is 3. The summed E-state index contributed by atoms with van der Waals surface area (Å²) in [6, 6.07) is 24.4. The molecule has 1 unspecified atom stereocenters. The first-order valence-corrected chi connectivity index (χ1v) is 23.7. The summed E-state index contributed by atoms with van der Waals surface area (Å²) in [6.07, 6.45) is 12.6. The molecule has 2 aromatic heterocycles. The van der Waals surface area contributed by atoms with Crippen molar-refractivity contribution in [2.24, 2.45) is 11.3 Å². The molecule has 2 fully saturated rings. The minimum atomic E-state index is -0.926. The van der Waals surface area contributed by atoms with Gasteiger partial charge in [0.25, 0.3) is 5.91 Å². The van der Waals surface area contributed by atoms with E-state index in [1.807, 2.05) is 61.2 Å². The van der Waals surface area contributed by atoms with E-state index in [-0.39, 0.29) is 29.2 Å². The SMILES string of the molecule is COC(=O)NC(C(=O)N1CCC[C@H]1c1nc2ccc(-c3ccc(-c4ccc5nc([C@@H]6C=CCN6C(=O)[C@H](NC(=O)OC)c6ccccc6)[nH]c5c4)c4c3CC3(CCCCC3)C4)cc2[nH]1)C(C)C. The second-order valence-electron chi connectivity index (χ2n) is 19.1. The van der Waals surface area contributed by atoms with E-state index < -0.39 is 30.3 Å². The maximum atomic E-state index is 14.2. The number of amides is 4. The average Bonchev–Trinajstić information content (AvgIpc) is 4.21. The van der Waals surface area contributed by atoms with E-state index in [1.165, 1.54) is 68.6 Å². The Bertz CT molecular complexity index is 2900. The number of likely N-dealkylation sites (tertiary alicyclic amines) is 1. The number of nitrogens with zero attached hydrogens (tertiary/aromatic N) is 4. The second kappa shape index (κ2) is 18.0. The molecular formula is C53H58N8O6. The number of hydrogen-bond acceptors (Lipinski definition) is 8. The number of H-pyrrole nitrogens is 2. The van der Waals surface area contributed by atoms with Crippen molar-refractivity contribution in [3.63, 3.8) is 0 Å². The van der Waals surface area contributed by atoms with Gasteiger partial charge in [-0.05, 0) is 113 Å². The fourth-order valence-electron chi connectivity index (χ4n) is 11.3.